The number of methoxy groups -OCH3 is 1. The van der Waals surface area contributed by atoms with Crippen molar-refractivity contribution in [2.24, 2.45) is 5.92 Å². The Morgan fingerprint density at radius 3 is 1.71 bits per heavy atom. The Morgan fingerprint density at radius 2 is 1.35 bits per heavy atom. The summed E-state index contributed by atoms with van der Waals surface area (Å²) in [6.07, 6.45) is 1.62. The summed E-state index contributed by atoms with van der Waals surface area (Å²) in [4.78, 5) is 0. The predicted octanol–water partition coefficient (Wildman–Crippen LogP) is 3.89. The van der Waals surface area contributed by atoms with Gasteiger partial charge in [-0.3, -0.25) is 0 Å². The molecule has 0 aromatic carbocycles. The van der Waals surface area contributed by atoms with E-state index in [1.807, 2.05) is 20.8 Å². The Kier molecular flexibility index (Phi) is 13.2. The van der Waals surface area contributed by atoms with Crippen molar-refractivity contribution in [3.8, 4) is 11.8 Å². The van der Waals surface area contributed by atoms with Gasteiger partial charge in [0.2, 0.25) is 0 Å². The number of ether oxygens (including phenoxy) is 2. The summed E-state index contributed by atoms with van der Waals surface area (Å²) in [7, 11) is 1.68. The lowest BCUT2D eigenvalue weighted by molar-refractivity contribution is 0.000588. The van der Waals surface area contributed by atoms with E-state index in [1.54, 1.807) is 7.11 Å². The van der Waals surface area contributed by atoms with E-state index in [0.717, 1.165) is 18.8 Å². The molecule has 0 bridgehead atoms. The smallest absolute Gasteiger partial charge is 0.0598 e. The maximum absolute atomic E-state index is 5.50. The molecule has 0 N–H and O–H groups in total. The van der Waals surface area contributed by atoms with Crippen LogP contribution in [0.2, 0.25) is 0 Å². The highest BCUT2D eigenvalue weighted by atomic mass is 16.5. The van der Waals surface area contributed by atoms with E-state index in [2.05, 4.69) is 32.6 Å². The molecule has 0 saturated heterocycles. The molecule has 0 rings (SSSR count). The zero-order chi connectivity index (χ0) is 13.7. The van der Waals surface area contributed by atoms with Crippen LogP contribution in [0.15, 0.2) is 0 Å². The second-order valence-corrected chi connectivity index (χ2v) is 5.54. The molecular formula is C15H30O2. The van der Waals surface area contributed by atoms with Crippen LogP contribution in [0.4, 0.5) is 0 Å². The Balaban J connectivity index is 0. The van der Waals surface area contributed by atoms with Gasteiger partial charge in [-0.2, -0.15) is 0 Å². The highest BCUT2D eigenvalue weighted by molar-refractivity contribution is 4.98. The predicted molar refractivity (Wildman–Crippen MR) is 75.1 cm³/mol. The summed E-state index contributed by atoms with van der Waals surface area (Å²) >= 11 is 0. The highest BCUT2D eigenvalue weighted by Gasteiger charge is 2.07. The second-order valence-electron chi connectivity index (χ2n) is 5.54. The van der Waals surface area contributed by atoms with Crippen molar-refractivity contribution in [1.29, 1.82) is 0 Å². The van der Waals surface area contributed by atoms with Gasteiger partial charge in [0.05, 0.1) is 18.8 Å². The SMILES string of the molecule is CC(C)C.COCCC#CCCOC(C)(C)C. The van der Waals surface area contributed by atoms with Crippen molar-refractivity contribution in [2.45, 2.75) is 60.0 Å². The highest BCUT2D eigenvalue weighted by Crippen LogP contribution is 2.06. The van der Waals surface area contributed by atoms with Crippen molar-refractivity contribution in [3.63, 3.8) is 0 Å². The van der Waals surface area contributed by atoms with Gasteiger partial charge in [0, 0.05) is 20.0 Å². The van der Waals surface area contributed by atoms with Gasteiger partial charge < -0.3 is 9.47 Å². The number of hydrogen-bond acceptors (Lipinski definition) is 2. The minimum Gasteiger partial charge on any atom is -0.384 e. The molecule has 0 heterocycles. The van der Waals surface area contributed by atoms with Gasteiger partial charge in [0.1, 0.15) is 0 Å². The molecule has 0 spiro atoms. The molecule has 0 atom stereocenters. The zero-order valence-corrected chi connectivity index (χ0v) is 12.7. The van der Waals surface area contributed by atoms with Crippen LogP contribution < -0.4 is 0 Å². The van der Waals surface area contributed by atoms with Crippen LogP contribution in [0.3, 0.4) is 0 Å². The monoisotopic (exact) mass is 242 g/mol. The third-order valence-corrected chi connectivity index (χ3v) is 1.32. The number of hydrogen-bond donors (Lipinski definition) is 0. The van der Waals surface area contributed by atoms with Crippen LogP contribution in [0, 0.1) is 17.8 Å². The van der Waals surface area contributed by atoms with E-state index in [-0.39, 0.29) is 5.60 Å². The van der Waals surface area contributed by atoms with Gasteiger partial charge in [-0.25, -0.2) is 0 Å². The van der Waals surface area contributed by atoms with E-state index in [4.69, 9.17) is 9.47 Å². The Morgan fingerprint density at radius 1 is 0.941 bits per heavy atom. The molecule has 0 aliphatic rings. The Labute approximate surface area is 108 Å². The largest absolute Gasteiger partial charge is 0.384 e. The molecule has 2 nitrogen and oxygen atoms in total. The average molecular weight is 242 g/mol. The topological polar surface area (TPSA) is 18.5 Å². The molecule has 0 fully saturated rings. The molecule has 0 aromatic heterocycles. The lowest BCUT2D eigenvalue weighted by Gasteiger charge is -2.18. The summed E-state index contributed by atoms with van der Waals surface area (Å²) in [6, 6.07) is 0. The third-order valence-electron chi connectivity index (χ3n) is 1.32. The quantitative estimate of drug-likeness (QED) is 0.550. The summed E-state index contributed by atoms with van der Waals surface area (Å²) < 4.78 is 10.4. The maximum atomic E-state index is 5.50. The molecule has 2 heteroatoms. The first kappa shape index (κ1) is 18.8. The maximum Gasteiger partial charge on any atom is 0.0598 e. The summed E-state index contributed by atoms with van der Waals surface area (Å²) in [5, 5.41) is 0. The van der Waals surface area contributed by atoms with E-state index in [1.165, 1.54) is 0 Å². The first-order chi connectivity index (χ1) is 7.79. The molecule has 102 valence electrons. The number of rotatable bonds is 4. The molecule has 0 saturated carbocycles. The molecular weight excluding hydrogens is 212 g/mol. The third kappa shape index (κ3) is 31.3. The van der Waals surface area contributed by atoms with Crippen molar-refractivity contribution in [3.05, 3.63) is 0 Å². The Hall–Kier alpha value is -0.520. The van der Waals surface area contributed by atoms with Gasteiger partial charge in [-0.05, 0) is 26.7 Å². The van der Waals surface area contributed by atoms with Gasteiger partial charge in [-0.15, -0.1) is 11.8 Å². The second kappa shape index (κ2) is 12.0. The van der Waals surface area contributed by atoms with Crippen LogP contribution >= 0.6 is 0 Å². The Bertz CT molecular complexity index is 200. The van der Waals surface area contributed by atoms with Crippen LogP contribution in [-0.2, 0) is 9.47 Å². The fourth-order valence-corrected chi connectivity index (χ4v) is 0.738. The van der Waals surface area contributed by atoms with Crippen molar-refractivity contribution in [1.82, 2.24) is 0 Å². The molecule has 17 heavy (non-hydrogen) atoms. The lowest BCUT2D eigenvalue weighted by Crippen LogP contribution is -2.19. The average Bonchev–Trinajstić information content (AvgIpc) is 2.14. The standard InChI is InChI=1S/C11H20O2.C4H10/c1-11(2,3)13-10-8-6-5-7-9-12-4;1-4(2)3/h7-10H2,1-4H3;4H,1-3H3. The van der Waals surface area contributed by atoms with Crippen molar-refractivity contribution >= 4 is 0 Å². The molecule has 0 unspecified atom stereocenters. The first-order valence-corrected chi connectivity index (χ1v) is 6.38. The van der Waals surface area contributed by atoms with Crippen LogP contribution in [0.1, 0.15) is 54.4 Å². The molecule has 0 amide bonds. The summed E-state index contributed by atoms with van der Waals surface area (Å²) in [5.74, 6) is 6.89. The van der Waals surface area contributed by atoms with Crippen LogP contribution in [0.5, 0.6) is 0 Å². The molecule has 0 aliphatic carbocycles. The van der Waals surface area contributed by atoms with Gasteiger partial charge in [0.25, 0.3) is 0 Å². The lowest BCUT2D eigenvalue weighted by atomic mass is 10.2. The van der Waals surface area contributed by atoms with E-state index >= 15 is 0 Å². The van der Waals surface area contributed by atoms with Gasteiger partial charge in [0.15, 0.2) is 0 Å². The normalized spacial score (nSPS) is 10.4. The van der Waals surface area contributed by atoms with E-state index in [9.17, 15) is 0 Å². The van der Waals surface area contributed by atoms with E-state index < -0.39 is 0 Å². The minimum absolute atomic E-state index is 0.0474. The molecule has 0 aromatic rings. The summed E-state index contributed by atoms with van der Waals surface area (Å²) in [6.45, 7) is 14.1. The van der Waals surface area contributed by atoms with Crippen molar-refractivity contribution in [2.75, 3.05) is 20.3 Å². The van der Waals surface area contributed by atoms with Crippen LogP contribution in [0.25, 0.3) is 0 Å². The minimum atomic E-state index is -0.0474. The summed E-state index contributed by atoms with van der Waals surface area (Å²) in [5.41, 5.74) is -0.0474. The molecule has 0 aliphatic heterocycles. The van der Waals surface area contributed by atoms with Crippen LogP contribution in [-0.4, -0.2) is 25.9 Å². The van der Waals surface area contributed by atoms with Gasteiger partial charge in [-0.1, -0.05) is 20.8 Å². The van der Waals surface area contributed by atoms with Crippen molar-refractivity contribution < 1.29 is 9.47 Å². The molecule has 0 radical (unpaired) electrons. The fourth-order valence-electron chi connectivity index (χ4n) is 0.738. The first-order valence-electron chi connectivity index (χ1n) is 6.38. The van der Waals surface area contributed by atoms with Gasteiger partial charge >= 0.3 is 0 Å². The van der Waals surface area contributed by atoms with E-state index in [0.29, 0.717) is 13.2 Å². The zero-order valence-electron chi connectivity index (χ0n) is 12.7. The fraction of sp³-hybridized carbons (Fsp3) is 0.867.